The number of carbonyl (C=O) groups is 1. The Balaban J connectivity index is 0.00000243. The zero-order valence-electron chi connectivity index (χ0n) is 14.9. The highest BCUT2D eigenvalue weighted by atomic mass is 35.5. The van der Waals surface area contributed by atoms with Crippen LogP contribution in [-0.4, -0.2) is 18.5 Å². The van der Waals surface area contributed by atoms with Gasteiger partial charge >= 0.3 is 0 Å². The summed E-state index contributed by atoms with van der Waals surface area (Å²) in [6, 6.07) is 18.5. The topological polar surface area (TPSA) is 50.4 Å². The van der Waals surface area contributed by atoms with Crippen LogP contribution < -0.4 is 15.4 Å². The summed E-state index contributed by atoms with van der Waals surface area (Å²) in [5.41, 5.74) is 2.23. The van der Waals surface area contributed by atoms with Crippen molar-refractivity contribution in [2.24, 2.45) is 0 Å². The molecule has 2 N–H and O–H groups in total. The third-order valence-electron chi connectivity index (χ3n) is 4.54. The van der Waals surface area contributed by atoms with E-state index in [0.29, 0.717) is 25.6 Å². The third-order valence-corrected chi connectivity index (χ3v) is 4.54. The zero-order chi connectivity index (χ0) is 17.3. The number of amides is 1. The van der Waals surface area contributed by atoms with Crippen LogP contribution in [0.3, 0.4) is 0 Å². The largest absolute Gasteiger partial charge is 0.489 e. The van der Waals surface area contributed by atoms with Crippen molar-refractivity contribution in [3.8, 4) is 5.75 Å². The molecule has 0 saturated carbocycles. The monoisotopic (exact) mass is 374 g/mol. The molecule has 2 aromatic carbocycles. The molecule has 0 spiro atoms. The van der Waals surface area contributed by atoms with Crippen molar-refractivity contribution < 1.29 is 9.53 Å². The minimum atomic E-state index is 0. The van der Waals surface area contributed by atoms with E-state index in [1.807, 2.05) is 54.6 Å². The first kappa shape index (κ1) is 20.3. The molecule has 1 atom stereocenters. The molecule has 3 rings (SSSR count). The van der Waals surface area contributed by atoms with Gasteiger partial charge in [-0.25, -0.2) is 0 Å². The average Bonchev–Trinajstić information content (AvgIpc) is 3.18. The maximum absolute atomic E-state index is 11.9. The van der Waals surface area contributed by atoms with E-state index in [-0.39, 0.29) is 18.3 Å². The molecule has 0 bridgehead atoms. The molecule has 1 fully saturated rings. The lowest BCUT2D eigenvalue weighted by Crippen LogP contribution is -2.27. The second-order valence-corrected chi connectivity index (χ2v) is 6.53. The molecule has 1 amide bonds. The highest BCUT2D eigenvalue weighted by Gasteiger charge is 2.14. The fraction of sp³-hybridized carbons (Fsp3) is 0.381. The number of nitrogens with one attached hydrogen (secondary N) is 2. The normalized spacial score (nSPS) is 15.9. The standard InChI is InChI=1S/C21H26N2O2.ClH/c24-21(13-10-19-7-4-14-22-19)23-15-17-8-11-20(12-9-17)25-16-18-5-2-1-3-6-18;/h1-3,5-6,8-9,11-12,19,22H,4,7,10,13-16H2,(H,23,24);1H. The molecule has 0 aliphatic carbocycles. The van der Waals surface area contributed by atoms with E-state index in [4.69, 9.17) is 4.74 Å². The Labute approximate surface area is 161 Å². The lowest BCUT2D eigenvalue weighted by atomic mass is 10.1. The van der Waals surface area contributed by atoms with Gasteiger partial charge in [-0.15, -0.1) is 12.4 Å². The third kappa shape index (κ3) is 6.70. The fourth-order valence-electron chi connectivity index (χ4n) is 3.04. The molecular weight excluding hydrogens is 348 g/mol. The Bertz CT molecular complexity index is 655. The van der Waals surface area contributed by atoms with Crippen molar-refractivity contribution >= 4 is 18.3 Å². The molecule has 0 radical (unpaired) electrons. The molecule has 1 aliphatic heterocycles. The zero-order valence-corrected chi connectivity index (χ0v) is 15.8. The Morgan fingerprint density at radius 1 is 1.08 bits per heavy atom. The van der Waals surface area contributed by atoms with Gasteiger partial charge in [-0.3, -0.25) is 4.79 Å². The first-order valence-corrected chi connectivity index (χ1v) is 9.05. The summed E-state index contributed by atoms with van der Waals surface area (Å²) in [7, 11) is 0. The molecule has 1 saturated heterocycles. The van der Waals surface area contributed by atoms with Gasteiger partial charge in [0.15, 0.2) is 0 Å². The first-order valence-electron chi connectivity index (χ1n) is 9.05. The molecule has 1 unspecified atom stereocenters. The van der Waals surface area contributed by atoms with E-state index in [0.717, 1.165) is 29.8 Å². The van der Waals surface area contributed by atoms with Crippen LogP contribution in [0.5, 0.6) is 5.75 Å². The molecule has 2 aromatic rings. The number of rotatable bonds is 8. The van der Waals surface area contributed by atoms with Crippen molar-refractivity contribution in [1.82, 2.24) is 10.6 Å². The number of hydrogen-bond acceptors (Lipinski definition) is 3. The van der Waals surface area contributed by atoms with Gasteiger partial charge in [0, 0.05) is 19.0 Å². The predicted octanol–water partition coefficient (Wildman–Crippen LogP) is 3.84. The van der Waals surface area contributed by atoms with Gasteiger partial charge in [0.1, 0.15) is 12.4 Å². The minimum Gasteiger partial charge on any atom is -0.489 e. The highest BCUT2D eigenvalue weighted by molar-refractivity contribution is 5.85. The highest BCUT2D eigenvalue weighted by Crippen LogP contribution is 2.14. The molecule has 4 nitrogen and oxygen atoms in total. The maximum Gasteiger partial charge on any atom is 0.220 e. The van der Waals surface area contributed by atoms with Crippen molar-refractivity contribution in [3.05, 3.63) is 65.7 Å². The van der Waals surface area contributed by atoms with Gasteiger partial charge in [0.05, 0.1) is 0 Å². The number of halogens is 1. The van der Waals surface area contributed by atoms with E-state index in [1.54, 1.807) is 0 Å². The quantitative estimate of drug-likeness (QED) is 0.738. The molecule has 5 heteroatoms. The maximum atomic E-state index is 11.9. The van der Waals surface area contributed by atoms with Crippen LogP contribution in [0, 0.1) is 0 Å². The Morgan fingerprint density at radius 2 is 1.85 bits per heavy atom. The number of carbonyl (C=O) groups excluding carboxylic acids is 1. The van der Waals surface area contributed by atoms with E-state index >= 15 is 0 Å². The number of benzene rings is 2. The van der Waals surface area contributed by atoms with E-state index in [1.165, 1.54) is 12.8 Å². The van der Waals surface area contributed by atoms with Gasteiger partial charge in [0.2, 0.25) is 5.91 Å². The fourth-order valence-corrected chi connectivity index (χ4v) is 3.04. The first-order chi connectivity index (χ1) is 12.3. The van der Waals surface area contributed by atoms with Crippen molar-refractivity contribution in [2.45, 2.75) is 44.9 Å². The summed E-state index contributed by atoms with van der Waals surface area (Å²) >= 11 is 0. The molecular formula is C21H27ClN2O2. The van der Waals surface area contributed by atoms with Crippen LogP contribution in [0.25, 0.3) is 0 Å². The van der Waals surface area contributed by atoms with Crippen LogP contribution in [0.4, 0.5) is 0 Å². The lowest BCUT2D eigenvalue weighted by Gasteiger charge is -2.10. The summed E-state index contributed by atoms with van der Waals surface area (Å²) < 4.78 is 5.77. The van der Waals surface area contributed by atoms with Gasteiger partial charge in [-0.1, -0.05) is 42.5 Å². The van der Waals surface area contributed by atoms with Crippen LogP contribution >= 0.6 is 12.4 Å². The number of ether oxygens (including phenoxy) is 1. The van der Waals surface area contributed by atoms with Crippen LogP contribution in [0.2, 0.25) is 0 Å². The van der Waals surface area contributed by atoms with E-state index in [2.05, 4.69) is 10.6 Å². The minimum absolute atomic E-state index is 0. The summed E-state index contributed by atoms with van der Waals surface area (Å²) in [6.45, 7) is 2.22. The van der Waals surface area contributed by atoms with E-state index < -0.39 is 0 Å². The van der Waals surface area contributed by atoms with Gasteiger partial charge < -0.3 is 15.4 Å². The molecule has 1 heterocycles. The second-order valence-electron chi connectivity index (χ2n) is 6.53. The Hall–Kier alpha value is -2.04. The summed E-state index contributed by atoms with van der Waals surface area (Å²) in [4.78, 5) is 11.9. The lowest BCUT2D eigenvalue weighted by molar-refractivity contribution is -0.121. The summed E-state index contributed by atoms with van der Waals surface area (Å²) in [6.07, 6.45) is 3.94. The van der Waals surface area contributed by atoms with E-state index in [9.17, 15) is 4.79 Å². The van der Waals surface area contributed by atoms with Crippen molar-refractivity contribution in [1.29, 1.82) is 0 Å². The van der Waals surface area contributed by atoms with Gasteiger partial charge in [-0.2, -0.15) is 0 Å². The van der Waals surface area contributed by atoms with Crippen LogP contribution in [0.15, 0.2) is 54.6 Å². The Morgan fingerprint density at radius 3 is 2.54 bits per heavy atom. The molecule has 26 heavy (non-hydrogen) atoms. The SMILES string of the molecule is Cl.O=C(CCC1CCCN1)NCc1ccc(OCc2ccccc2)cc1. The van der Waals surface area contributed by atoms with Crippen molar-refractivity contribution in [3.63, 3.8) is 0 Å². The molecule has 1 aliphatic rings. The molecule has 0 aromatic heterocycles. The summed E-state index contributed by atoms with van der Waals surface area (Å²) in [5, 5.41) is 6.41. The predicted molar refractivity (Wildman–Crippen MR) is 107 cm³/mol. The smallest absolute Gasteiger partial charge is 0.220 e. The van der Waals surface area contributed by atoms with Gasteiger partial charge in [0.25, 0.3) is 0 Å². The van der Waals surface area contributed by atoms with Crippen molar-refractivity contribution in [2.75, 3.05) is 6.54 Å². The van der Waals surface area contributed by atoms with Crippen LogP contribution in [0.1, 0.15) is 36.8 Å². The van der Waals surface area contributed by atoms with Gasteiger partial charge in [-0.05, 0) is 49.1 Å². The molecule has 140 valence electrons. The van der Waals surface area contributed by atoms with Crippen LogP contribution in [-0.2, 0) is 17.9 Å². The Kier molecular flexibility index (Phi) is 8.45. The average molecular weight is 375 g/mol. The second kappa shape index (κ2) is 10.8. The number of hydrogen-bond donors (Lipinski definition) is 2. The summed E-state index contributed by atoms with van der Waals surface area (Å²) in [5.74, 6) is 0.962.